The van der Waals surface area contributed by atoms with E-state index in [2.05, 4.69) is 15.1 Å². The maximum absolute atomic E-state index is 5.77. The molecular weight excluding hydrogens is 190 g/mol. The molecule has 2 heterocycles. The highest BCUT2D eigenvalue weighted by Crippen LogP contribution is 2.15. The van der Waals surface area contributed by atoms with Gasteiger partial charge in [-0.15, -0.1) is 0 Å². The van der Waals surface area contributed by atoms with Crippen molar-refractivity contribution >= 4 is 5.82 Å². The summed E-state index contributed by atoms with van der Waals surface area (Å²) in [6.45, 7) is 5.69. The molecule has 2 aromatic heterocycles. The molecule has 0 saturated carbocycles. The fourth-order valence-electron chi connectivity index (χ4n) is 1.39. The Kier molecular flexibility index (Phi) is 2.15. The zero-order chi connectivity index (χ0) is 11.0. The Morgan fingerprint density at radius 2 is 1.93 bits per heavy atom. The van der Waals surface area contributed by atoms with Gasteiger partial charge in [-0.1, -0.05) is 0 Å². The van der Waals surface area contributed by atoms with Gasteiger partial charge < -0.3 is 5.73 Å². The molecule has 0 aromatic carbocycles. The lowest BCUT2D eigenvalue weighted by molar-refractivity contribution is 0.819. The second-order valence-corrected chi connectivity index (χ2v) is 3.57. The fraction of sp³-hybridized carbons (Fsp3) is 0.300. The van der Waals surface area contributed by atoms with E-state index in [4.69, 9.17) is 5.73 Å². The summed E-state index contributed by atoms with van der Waals surface area (Å²) < 4.78 is 1.72. The summed E-state index contributed by atoms with van der Waals surface area (Å²) in [5.74, 6) is 1.90. The first-order chi connectivity index (χ1) is 7.08. The number of hydrogen-bond donors (Lipinski definition) is 1. The molecule has 5 nitrogen and oxygen atoms in total. The molecule has 2 N–H and O–H groups in total. The van der Waals surface area contributed by atoms with Crippen LogP contribution in [0.1, 0.15) is 17.0 Å². The van der Waals surface area contributed by atoms with E-state index < -0.39 is 0 Å². The van der Waals surface area contributed by atoms with Crippen LogP contribution in [0.3, 0.4) is 0 Å². The number of hydrogen-bond acceptors (Lipinski definition) is 4. The van der Waals surface area contributed by atoms with Crippen LogP contribution in [0.25, 0.3) is 5.82 Å². The predicted molar refractivity (Wildman–Crippen MR) is 57.8 cm³/mol. The van der Waals surface area contributed by atoms with Crippen LogP contribution < -0.4 is 5.73 Å². The molecule has 0 atom stereocenters. The van der Waals surface area contributed by atoms with Gasteiger partial charge in [-0.3, -0.25) is 0 Å². The number of nitrogen functional groups attached to an aromatic ring is 1. The van der Waals surface area contributed by atoms with Gasteiger partial charge in [-0.25, -0.2) is 14.6 Å². The van der Waals surface area contributed by atoms with Gasteiger partial charge in [-0.05, 0) is 26.3 Å². The van der Waals surface area contributed by atoms with Crippen molar-refractivity contribution in [2.75, 3.05) is 5.73 Å². The van der Waals surface area contributed by atoms with Gasteiger partial charge in [-0.2, -0.15) is 5.10 Å². The number of aromatic nitrogens is 4. The van der Waals surface area contributed by atoms with E-state index >= 15 is 0 Å². The summed E-state index contributed by atoms with van der Waals surface area (Å²) in [5.41, 5.74) is 7.71. The van der Waals surface area contributed by atoms with E-state index in [-0.39, 0.29) is 0 Å². The normalized spacial score (nSPS) is 10.6. The van der Waals surface area contributed by atoms with Gasteiger partial charge in [0.05, 0.1) is 6.20 Å². The first-order valence-corrected chi connectivity index (χ1v) is 4.70. The van der Waals surface area contributed by atoms with E-state index in [9.17, 15) is 0 Å². The molecule has 5 heteroatoms. The fourth-order valence-corrected chi connectivity index (χ4v) is 1.39. The van der Waals surface area contributed by atoms with E-state index in [1.165, 1.54) is 0 Å². The van der Waals surface area contributed by atoms with Gasteiger partial charge in [0.1, 0.15) is 11.6 Å². The van der Waals surface area contributed by atoms with E-state index in [1.807, 2.05) is 27.0 Å². The Hall–Kier alpha value is -1.91. The number of anilines is 1. The van der Waals surface area contributed by atoms with Crippen molar-refractivity contribution in [2.24, 2.45) is 0 Å². The highest BCUT2D eigenvalue weighted by molar-refractivity contribution is 5.47. The number of nitrogens with zero attached hydrogens (tertiary/aromatic N) is 4. The smallest absolute Gasteiger partial charge is 0.162 e. The Labute approximate surface area is 88.0 Å². The van der Waals surface area contributed by atoms with Crippen LogP contribution in [0.4, 0.5) is 5.82 Å². The Morgan fingerprint density at radius 3 is 2.53 bits per heavy atom. The Bertz CT molecular complexity index is 501. The van der Waals surface area contributed by atoms with Crippen LogP contribution >= 0.6 is 0 Å². The van der Waals surface area contributed by atoms with Crippen molar-refractivity contribution in [3.05, 3.63) is 29.3 Å². The zero-order valence-corrected chi connectivity index (χ0v) is 9.02. The molecule has 0 spiro atoms. The van der Waals surface area contributed by atoms with Gasteiger partial charge in [0, 0.05) is 11.8 Å². The highest BCUT2D eigenvalue weighted by Gasteiger charge is 2.08. The minimum Gasteiger partial charge on any atom is -0.383 e. The van der Waals surface area contributed by atoms with E-state index in [0.717, 1.165) is 16.9 Å². The molecule has 78 valence electrons. The molecule has 0 aliphatic rings. The number of rotatable bonds is 1. The average molecular weight is 203 g/mol. The summed E-state index contributed by atoms with van der Waals surface area (Å²) in [7, 11) is 0. The minimum atomic E-state index is 0.505. The molecule has 0 radical (unpaired) electrons. The second-order valence-electron chi connectivity index (χ2n) is 3.57. The first-order valence-electron chi connectivity index (χ1n) is 4.70. The lowest BCUT2D eigenvalue weighted by Gasteiger charge is -2.07. The Morgan fingerprint density at radius 1 is 1.20 bits per heavy atom. The molecular formula is C10H13N5. The average Bonchev–Trinajstić information content (AvgIpc) is 2.58. The van der Waals surface area contributed by atoms with E-state index in [0.29, 0.717) is 11.6 Å². The summed E-state index contributed by atoms with van der Waals surface area (Å²) in [4.78, 5) is 8.42. The van der Waals surface area contributed by atoms with Crippen LogP contribution in [-0.2, 0) is 0 Å². The largest absolute Gasteiger partial charge is 0.383 e. The molecule has 2 rings (SSSR count). The van der Waals surface area contributed by atoms with Crippen molar-refractivity contribution in [2.45, 2.75) is 20.8 Å². The highest BCUT2D eigenvalue weighted by atomic mass is 15.3. The van der Waals surface area contributed by atoms with Gasteiger partial charge in [0.2, 0.25) is 0 Å². The molecule has 0 saturated heterocycles. The number of aryl methyl sites for hydroxylation is 2. The molecule has 0 bridgehead atoms. The van der Waals surface area contributed by atoms with Crippen molar-refractivity contribution in [3.8, 4) is 5.82 Å². The summed E-state index contributed by atoms with van der Waals surface area (Å²) in [6, 6.07) is 0. The number of nitrogens with two attached hydrogens (primary N) is 1. The molecule has 0 unspecified atom stereocenters. The lowest BCUT2D eigenvalue weighted by Crippen LogP contribution is -2.07. The summed E-state index contributed by atoms with van der Waals surface area (Å²) in [6.07, 6.45) is 3.70. The monoisotopic (exact) mass is 203 g/mol. The summed E-state index contributed by atoms with van der Waals surface area (Å²) >= 11 is 0. The third-order valence-corrected chi connectivity index (χ3v) is 2.20. The van der Waals surface area contributed by atoms with E-state index in [1.54, 1.807) is 10.9 Å². The predicted octanol–water partition coefficient (Wildman–Crippen LogP) is 1.17. The SMILES string of the molecule is Cc1cnn(-c2nc(C)nc(N)c2C)c1. The maximum Gasteiger partial charge on any atom is 0.162 e. The van der Waals surface area contributed by atoms with Crippen molar-refractivity contribution in [3.63, 3.8) is 0 Å². The molecule has 0 fully saturated rings. The lowest BCUT2D eigenvalue weighted by atomic mass is 10.3. The maximum atomic E-state index is 5.77. The topological polar surface area (TPSA) is 69.6 Å². The third kappa shape index (κ3) is 1.68. The van der Waals surface area contributed by atoms with Crippen molar-refractivity contribution in [1.29, 1.82) is 0 Å². The van der Waals surface area contributed by atoms with Crippen LogP contribution in [0.15, 0.2) is 12.4 Å². The van der Waals surface area contributed by atoms with Crippen LogP contribution in [0.2, 0.25) is 0 Å². The molecule has 0 amide bonds. The molecule has 2 aromatic rings. The minimum absolute atomic E-state index is 0.505. The molecule has 15 heavy (non-hydrogen) atoms. The van der Waals surface area contributed by atoms with Crippen LogP contribution in [-0.4, -0.2) is 19.7 Å². The molecule has 0 aliphatic heterocycles. The van der Waals surface area contributed by atoms with Crippen LogP contribution in [0, 0.1) is 20.8 Å². The van der Waals surface area contributed by atoms with Gasteiger partial charge in [0.25, 0.3) is 0 Å². The van der Waals surface area contributed by atoms with Gasteiger partial charge in [0.15, 0.2) is 5.82 Å². The van der Waals surface area contributed by atoms with Crippen molar-refractivity contribution < 1.29 is 0 Å². The Balaban J connectivity index is 2.62. The molecule has 0 aliphatic carbocycles. The standard InChI is InChI=1S/C10H13N5/c1-6-4-12-15(5-6)10-7(2)9(11)13-8(3)14-10/h4-5H,1-3H3,(H2,11,13,14). The second kappa shape index (κ2) is 3.34. The zero-order valence-electron chi connectivity index (χ0n) is 9.02. The first kappa shape index (κ1) is 9.64. The quantitative estimate of drug-likeness (QED) is 0.755. The summed E-state index contributed by atoms with van der Waals surface area (Å²) in [5, 5.41) is 4.20. The third-order valence-electron chi connectivity index (χ3n) is 2.20. The van der Waals surface area contributed by atoms with Crippen molar-refractivity contribution in [1.82, 2.24) is 19.7 Å². The van der Waals surface area contributed by atoms with Crippen LogP contribution in [0.5, 0.6) is 0 Å². The van der Waals surface area contributed by atoms with Gasteiger partial charge >= 0.3 is 0 Å².